The molecule has 3 rings (SSSR count). The number of anilines is 1. The van der Waals surface area contributed by atoms with Gasteiger partial charge in [-0.2, -0.15) is 5.10 Å². The van der Waals surface area contributed by atoms with E-state index in [1.807, 2.05) is 31.2 Å². The molecule has 8 heteroatoms. The third-order valence-electron chi connectivity index (χ3n) is 4.30. The molecule has 0 spiro atoms. The zero-order chi connectivity index (χ0) is 21.5. The van der Waals surface area contributed by atoms with Gasteiger partial charge in [-0.3, -0.25) is 9.59 Å². The largest absolute Gasteiger partial charge is 0.497 e. The van der Waals surface area contributed by atoms with E-state index in [-0.39, 0.29) is 12.1 Å². The molecule has 0 aliphatic heterocycles. The molecule has 0 saturated carbocycles. The van der Waals surface area contributed by atoms with Crippen molar-refractivity contribution in [3.63, 3.8) is 0 Å². The monoisotopic (exact) mass is 409 g/mol. The Balaban J connectivity index is 1.79. The number of rotatable bonds is 8. The maximum Gasteiger partial charge on any atom is 0.267 e. The van der Waals surface area contributed by atoms with Gasteiger partial charge in [-0.15, -0.1) is 0 Å². The standard InChI is InChI=1S/C22H23N3O5/c1-4-30-16-7-5-15(6-8-16)18-10-12-22(27)25(24-18)14-21(26)23-19-13-17(28-2)9-11-20(19)29-3/h5-13H,4,14H2,1-3H3,(H,23,26). The fourth-order valence-electron chi connectivity index (χ4n) is 2.84. The van der Waals surface area contributed by atoms with Crippen molar-refractivity contribution in [1.29, 1.82) is 0 Å². The fourth-order valence-corrected chi connectivity index (χ4v) is 2.84. The number of ether oxygens (including phenoxy) is 3. The number of nitrogens with zero attached hydrogens (tertiary/aromatic N) is 2. The molecule has 1 amide bonds. The Morgan fingerprint density at radius 1 is 1.00 bits per heavy atom. The number of aromatic nitrogens is 2. The predicted octanol–water partition coefficient (Wildman–Crippen LogP) is 2.96. The van der Waals surface area contributed by atoms with Gasteiger partial charge in [0.25, 0.3) is 5.56 Å². The Hall–Kier alpha value is -3.81. The lowest BCUT2D eigenvalue weighted by Crippen LogP contribution is -2.29. The van der Waals surface area contributed by atoms with Crippen LogP contribution in [0.3, 0.4) is 0 Å². The zero-order valence-corrected chi connectivity index (χ0v) is 17.0. The summed E-state index contributed by atoms with van der Waals surface area (Å²) in [6, 6.07) is 15.4. The normalized spacial score (nSPS) is 10.4. The molecule has 0 atom stereocenters. The molecule has 1 N–H and O–H groups in total. The molecule has 3 aromatic rings. The van der Waals surface area contributed by atoms with Crippen LogP contribution in [0.15, 0.2) is 59.4 Å². The van der Waals surface area contributed by atoms with Crippen molar-refractivity contribution in [3.05, 3.63) is 65.0 Å². The average Bonchev–Trinajstić information content (AvgIpc) is 2.76. The van der Waals surface area contributed by atoms with E-state index in [0.29, 0.717) is 29.5 Å². The third-order valence-corrected chi connectivity index (χ3v) is 4.30. The molecule has 1 heterocycles. The summed E-state index contributed by atoms with van der Waals surface area (Å²) in [5, 5.41) is 7.06. The van der Waals surface area contributed by atoms with Crippen LogP contribution in [0.4, 0.5) is 5.69 Å². The number of methoxy groups -OCH3 is 2. The Kier molecular flexibility index (Phi) is 6.69. The maximum absolute atomic E-state index is 12.5. The van der Waals surface area contributed by atoms with Crippen LogP contribution in [0, 0.1) is 0 Å². The number of benzene rings is 2. The van der Waals surface area contributed by atoms with E-state index in [2.05, 4.69) is 10.4 Å². The highest BCUT2D eigenvalue weighted by atomic mass is 16.5. The van der Waals surface area contributed by atoms with Gasteiger partial charge in [0, 0.05) is 17.7 Å². The SMILES string of the molecule is CCOc1ccc(-c2ccc(=O)n(CC(=O)Nc3cc(OC)ccc3OC)n2)cc1. The van der Waals surface area contributed by atoms with Gasteiger partial charge in [-0.25, -0.2) is 4.68 Å². The van der Waals surface area contributed by atoms with Crippen molar-refractivity contribution in [3.8, 4) is 28.5 Å². The average molecular weight is 409 g/mol. The van der Waals surface area contributed by atoms with E-state index in [1.54, 1.807) is 24.3 Å². The Bertz CT molecular complexity index is 1080. The van der Waals surface area contributed by atoms with Crippen LogP contribution in [-0.4, -0.2) is 36.5 Å². The van der Waals surface area contributed by atoms with Crippen LogP contribution >= 0.6 is 0 Å². The van der Waals surface area contributed by atoms with Gasteiger partial charge < -0.3 is 19.5 Å². The molecule has 0 aliphatic carbocycles. The summed E-state index contributed by atoms with van der Waals surface area (Å²) >= 11 is 0. The summed E-state index contributed by atoms with van der Waals surface area (Å²) < 4.78 is 17.0. The fraction of sp³-hybridized carbons (Fsp3) is 0.227. The molecular weight excluding hydrogens is 386 g/mol. The van der Waals surface area contributed by atoms with Gasteiger partial charge >= 0.3 is 0 Å². The first kappa shape index (κ1) is 20.9. The first-order valence-corrected chi connectivity index (χ1v) is 9.37. The molecule has 30 heavy (non-hydrogen) atoms. The van der Waals surface area contributed by atoms with E-state index >= 15 is 0 Å². The minimum Gasteiger partial charge on any atom is -0.497 e. The van der Waals surface area contributed by atoms with Crippen molar-refractivity contribution in [1.82, 2.24) is 9.78 Å². The number of carbonyl (C=O) groups excluding carboxylic acids is 1. The second-order valence-electron chi connectivity index (χ2n) is 6.29. The second kappa shape index (κ2) is 9.60. The molecule has 0 unspecified atom stereocenters. The van der Waals surface area contributed by atoms with Crippen molar-refractivity contribution < 1.29 is 19.0 Å². The summed E-state index contributed by atoms with van der Waals surface area (Å²) in [6.45, 7) is 2.25. The molecular formula is C22H23N3O5. The van der Waals surface area contributed by atoms with Gasteiger partial charge in [0.2, 0.25) is 5.91 Å². The highest BCUT2D eigenvalue weighted by Gasteiger charge is 2.12. The number of carbonyl (C=O) groups is 1. The van der Waals surface area contributed by atoms with Crippen LogP contribution in [0.2, 0.25) is 0 Å². The molecule has 1 aromatic heterocycles. The van der Waals surface area contributed by atoms with Crippen LogP contribution in [0.25, 0.3) is 11.3 Å². The van der Waals surface area contributed by atoms with Gasteiger partial charge in [0.1, 0.15) is 23.8 Å². The highest BCUT2D eigenvalue weighted by Crippen LogP contribution is 2.28. The minimum absolute atomic E-state index is 0.246. The smallest absolute Gasteiger partial charge is 0.267 e. The minimum atomic E-state index is -0.417. The predicted molar refractivity (Wildman–Crippen MR) is 113 cm³/mol. The number of nitrogens with one attached hydrogen (secondary N) is 1. The number of amides is 1. The van der Waals surface area contributed by atoms with Crippen molar-refractivity contribution in [2.75, 3.05) is 26.1 Å². The van der Waals surface area contributed by atoms with E-state index in [9.17, 15) is 9.59 Å². The third kappa shape index (κ3) is 4.96. The first-order valence-electron chi connectivity index (χ1n) is 9.37. The summed E-state index contributed by atoms with van der Waals surface area (Å²) in [6.07, 6.45) is 0. The van der Waals surface area contributed by atoms with Crippen LogP contribution in [0.5, 0.6) is 17.2 Å². The van der Waals surface area contributed by atoms with Gasteiger partial charge in [0.05, 0.1) is 32.2 Å². The maximum atomic E-state index is 12.5. The highest BCUT2D eigenvalue weighted by molar-refractivity contribution is 5.92. The number of hydrogen-bond donors (Lipinski definition) is 1. The molecule has 0 bridgehead atoms. The van der Waals surface area contributed by atoms with E-state index in [4.69, 9.17) is 14.2 Å². The summed E-state index contributed by atoms with van der Waals surface area (Å²) in [5.74, 6) is 1.38. The van der Waals surface area contributed by atoms with Gasteiger partial charge in [-0.1, -0.05) is 0 Å². The van der Waals surface area contributed by atoms with E-state index in [0.717, 1.165) is 16.0 Å². The summed E-state index contributed by atoms with van der Waals surface area (Å²) in [4.78, 5) is 24.8. The topological polar surface area (TPSA) is 91.7 Å². The molecule has 8 nitrogen and oxygen atoms in total. The van der Waals surface area contributed by atoms with Crippen molar-refractivity contribution in [2.24, 2.45) is 0 Å². The molecule has 2 aromatic carbocycles. The lowest BCUT2D eigenvalue weighted by molar-refractivity contribution is -0.117. The first-order chi connectivity index (χ1) is 14.5. The molecule has 0 aliphatic rings. The van der Waals surface area contributed by atoms with Crippen LogP contribution in [0.1, 0.15) is 6.92 Å². The summed E-state index contributed by atoms with van der Waals surface area (Å²) in [7, 11) is 3.03. The Labute approximate surface area is 174 Å². The summed E-state index contributed by atoms with van der Waals surface area (Å²) in [5.41, 5.74) is 1.45. The van der Waals surface area contributed by atoms with E-state index < -0.39 is 5.91 Å². The second-order valence-corrected chi connectivity index (χ2v) is 6.29. The quantitative estimate of drug-likeness (QED) is 0.615. The molecule has 0 radical (unpaired) electrons. The zero-order valence-electron chi connectivity index (χ0n) is 17.0. The lowest BCUT2D eigenvalue weighted by Gasteiger charge is -2.12. The molecule has 156 valence electrons. The van der Waals surface area contributed by atoms with Crippen LogP contribution in [-0.2, 0) is 11.3 Å². The molecule has 0 saturated heterocycles. The van der Waals surface area contributed by atoms with Gasteiger partial charge in [0.15, 0.2) is 0 Å². The van der Waals surface area contributed by atoms with Crippen molar-refractivity contribution in [2.45, 2.75) is 13.5 Å². The van der Waals surface area contributed by atoms with E-state index in [1.165, 1.54) is 20.3 Å². The Morgan fingerprint density at radius 3 is 2.40 bits per heavy atom. The van der Waals surface area contributed by atoms with Crippen LogP contribution < -0.4 is 25.1 Å². The Morgan fingerprint density at radius 2 is 1.73 bits per heavy atom. The van der Waals surface area contributed by atoms with Gasteiger partial charge in [-0.05, 0) is 49.4 Å². The number of hydrogen-bond acceptors (Lipinski definition) is 6. The lowest BCUT2D eigenvalue weighted by atomic mass is 10.1. The molecule has 0 fully saturated rings. The van der Waals surface area contributed by atoms with Crippen molar-refractivity contribution >= 4 is 11.6 Å².